The van der Waals surface area contributed by atoms with Crippen LogP contribution in [0.5, 0.6) is 0 Å². The van der Waals surface area contributed by atoms with Crippen molar-refractivity contribution in [3.05, 3.63) is 28.8 Å². The maximum absolute atomic E-state index is 12.1. The van der Waals surface area contributed by atoms with E-state index in [1.165, 1.54) is 6.07 Å². The average molecular weight is 324 g/mol. The fourth-order valence-electron chi connectivity index (χ4n) is 1.95. The number of sulfonamides is 1. The Kier molecular flexibility index (Phi) is 3.81. The van der Waals surface area contributed by atoms with Crippen molar-refractivity contribution in [2.45, 2.75) is 18.6 Å². The van der Waals surface area contributed by atoms with E-state index in [9.17, 15) is 16.8 Å². The second kappa shape index (κ2) is 4.96. The third-order valence-electron chi connectivity index (χ3n) is 3.08. The Labute approximate surface area is 117 Å². The molecule has 1 unspecified atom stereocenters. The Morgan fingerprint density at radius 2 is 2.05 bits per heavy atom. The smallest absolute Gasteiger partial charge is 0.236 e. The van der Waals surface area contributed by atoms with Crippen LogP contribution in [0.3, 0.4) is 0 Å². The summed E-state index contributed by atoms with van der Waals surface area (Å²) in [5.41, 5.74) is 1.12. The van der Waals surface area contributed by atoms with Crippen molar-refractivity contribution in [2.24, 2.45) is 0 Å². The first kappa shape index (κ1) is 14.6. The minimum absolute atomic E-state index is 0.0763. The summed E-state index contributed by atoms with van der Waals surface area (Å²) in [7, 11) is -6.95. The van der Waals surface area contributed by atoms with Gasteiger partial charge in [0.05, 0.1) is 22.4 Å². The molecular formula is C11H14ClNO4S2. The summed E-state index contributed by atoms with van der Waals surface area (Å²) < 4.78 is 49.4. The molecule has 1 aliphatic heterocycles. The van der Waals surface area contributed by atoms with Gasteiger partial charge in [-0.2, -0.15) is 0 Å². The lowest BCUT2D eigenvalue weighted by molar-refractivity contribution is 0.587. The van der Waals surface area contributed by atoms with Crippen LogP contribution in [0.4, 0.5) is 5.69 Å². The zero-order valence-corrected chi connectivity index (χ0v) is 12.6. The van der Waals surface area contributed by atoms with E-state index in [-0.39, 0.29) is 17.9 Å². The van der Waals surface area contributed by atoms with E-state index in [4.69, 9.17) is 11.6 Å². The molecule has 1 aliphatic rings. The van der Waals surface area contributed by atoms with Gasteiger partial charge in [-0.1, -0.05) is 17.7 Å². The molecule has 1 heterocycles. The Balaban J connectivity index is 2.25. The van der Waals surface area contributed by atoms with E-state index >= 15 is 0 Å². The van der Waals surface area contributed by atoms with Crippen LogP contribution in [0.25, 0.3) is 0 Å². The summed E-state index contributed by atoms with van der Waals surface area (Å²) in [6.07, 6.45) is 0.136. The van der Waals surface area contributed by atoms with Gasteiger partial charge < -0.3 is 0 Å². The van der Waals surface area contributed by atoms with Crippen LogP contribution in [0, 0.1) is 6.92 Å². The zero-order valence-electron chi connectivity index (χ0n) is 10.3. The third kappa shape index (κ3) is 3.40. The Hall–Kier alpha value is -0.790. The first-order valence-corrected chi connectivity index (χ1v) is 9.42. The maximum Gasteiger partial charge on any atom is 0.236 e. The van der Waals surface area contributed by atoms with Crippen LogP contribution in [-0.2, 0) is 19.9 Å². The molecule has 0 bridgehead atoms. The van der Waals surface area contributed by atoms with Crippen molar-refractivity contribution >= 4 is 37.1 Å². The molecule has 0 amide bonds. The minimum Gasteiger partial charge on any atom is -0.283 e. The van der Waals surface area contributed by atoms with E-state index in [2.05, 4.69) is 4.72 Å². The van der Waals surface area contributed by atoms with Crippen molar-refractivity contribution < 1.29 is 16.8 Å². The first-order valence-electron chi connectivity index (χ1n) is 5.68. The standard InChI is InChI=1S/C11H14ClNO4S2/c1-8-2-3-9(12)6-11(8)13-19(16,17)10-4-5-18(14,15)7-10/h2-3,6,10,13H,4-5,7H2,1H3. The van der Waals surface area contributed by atoms with E-state index in [1.54, 1.807) is 19.1 Å². The molecule has 0 radical (unpaired) electrons. The van der Waals surface area contributed by atoms with Gasteiger partial charge >= 0.3 is 0 Å². The van der Waals surface area contributed by atoms with E-state index < -0.39 is 25.1 Å². The highest BCUT2D eigenvalue weighted by molar-refractivity contribution is 7.97. The number of benzene rings is 1. The molecule has 1 N–H and O–H groups in total. The molecule has 2 rings (SSSR count). The van der Waals surface area contributed by atoms with Gasteiger partial charge in [0.1, 0.15) is 0 Å². The van der Waals surface area contributed by atoms with Gasteiger partial charge in [0.25, 0.3) is 0 Å². The summed E-state index contributed by atoms with van der Waals surface area (Å²) >= 11 is 5.82. The Morgan fingerprint density at radius 1 is 1.37 bits per heavy atom. The summed E-state index contributed by atoms with van der Waals surface area (Å²) in [6.45, 7) is 1.75. The van der Waals surface area contributed by atoms with Crippen LogP contribution < -0.4 is 4.72 Å². The maximum atomic E-state index is 12.1. The number of hydrogen-bond acceptors (Lipinski definition) is 4. The SMILES string of the molecule is Cc1ccc(Cl)cc1NS(=O)(=O)C1CCS(=O)(=O)C1. The zero-order chi connectivity index (χ0) is 14.3. The molecule has 1 fully saturated rings. The summed E-state index contributed by atoms with van der Waals surface area (Å²) in [4.78, 5) is 0. The van der Waals surface area contributed by atoms with Gasteiger partial charge in [-0.05, 0) is 31.0 Å². The number of sulfone groups is 1. The van der Waals surface area contributed by atoms with E-state index in [1.807, 2.05) is 0 Å². The van der Waals surface area contributed by atoms with Crippen LogP contribution in [0.1, 0.15) is 12.0 Å². The number of anilines is 1. The van der Waals surface area contributed by atoms with Crippen molar-refractivity contribution in [3.63, 3.8) is 0 Å². The van der Waals surface area contributed by atoms with Crippen molar-refractivity contribution in [2.75, 3.05) is 16.2 Å². The number of aryl methyl sites for hydroxylation is 1. The highest BCUT2D eigenvalue weighted by Gasteiger charge is 2.37. The fraction of sp³-hybridized carbons (Fsp3) is 0.455. The molecule has 1 aromatic rings. The predicted octanol–water partition coefficient (Wildman–Crippen LogP) is 1.58. The molecule has 8 heteroatoms. The number of halogens is 1. The van der Waals surface area contributed by atoms with Gasteiger partial charge in [-0.15, -0.1) is 0 Å². The normalized spacial score (nSPS) is 22.3. The highest BCUT2D eigenvalue weighted by atomic mass is 35.5. The van der Waals surface area contributed by atoms with Gasteiger partial charge in [0.2, 0.25) is 10.0 Å². The molecule has 5 nitrogen and oxygen atoms in total. The highest BCUT2D eigenvalue weighted by Crippen LogP contribution is 2.25. The summed E-state index contributed by atoms with van der Waals surface area (Å²) in [6, 6.07) is 4.87. The second-order valence-corrected chi connectivity index (χ2v) is 9.26. The number of nitrogens with one attached hydrogen (secondary N) is 1. The van der Waals surface area contributed by atoms with Crippen LogP contribution in [0.15, 0.2) is 18.2 Å². The van der Waals surface area contributed by atoms with Crippen LogP contribution >= 0.6 is 11.6 Å². The minimum atomic E-state index is -3.71. The predicted molar refractivity (Wildman–Crippen MR) is 75.8 cm³/mol. The van der Waals surface area contributed by atoms with Crippen molar-refractivity contribution in [3.8, 4) is 0 Å². The fourth-order valence-corrected chi connectivity index (χ4v) is 6.27. The molecule has 106 valence electrons. The van der Waals surface area contributed by atoms with Gasteiger partial charge in [-0.3, -0.25) is 4.72 Å². The van der Waals surface area contributed by atoms with Crippen molar-refractivity contribution in [1.82, 2.24) is 0 Å². The number of hydrogen-bond donors (Lipinski definition) is 1. The molecule has 1 aromatic carbocycles. The molecule has 1 atom stereocenters. The van der Waals surface area contributed by atoms with Crippen molar-refractivity contribution in [1.29, 1.82) is 0 Å². The summed E-state index contributed by atoms with van der Waals surface area (Å²) in [5.74, 6) is -0.394. The largest absolute Gasteiger partial charge is 0.283 e. The third-order valence-corrected chi connectivity index (χ3v) is 7.08. The summed E-state index contributed by atoms with van der Waals surface area (Å²) in [5, 5.41) is -0.474. The monoisotopic (exact) mass is 323 g/mol. The first-order chi connectivity index (χ1) is 8.70. The lowest BCUT2D eigenvalue weighted by Gasteiger charge is -2.14. The molecule has 0 spiro atoms. The molecule has 0 aliphatic carbocycles. The molecule has 1 saturated heterocycles. The van der Waals surface area contributed by atoms with Gasteiger partial charge in [-0.25, -0.2) is 16.8 Å². The topological polar surface area (TPSA) is 80.3 Å². The lowest BCUT2D eigenvalue weighted by Crippen LogP contribution is -2.29. The Bertz CT molecular complexity index is 697. The quantitative estimate of drug-likeness (QED) is 0.915. The van der Waals surface area contributed by atoms with Crippen LogP contribution in [0.2, 0.25) is 5.02 Å². The second-order valence-electron chi connectivity index (χ2n) is 4.63. The lowest BCUT2D eigenvalue weighted by atomic mass is 10.2. The van der Waals surface area contributed by atoms with Gasteiger partial charge in [0.15, 0.2) is 9.84 Å². The molecule has 19 heavy (non-hydrogen) atoms. The number of rotatable bonds is 3. The molecule has 0 aromatic heterocycles. The van der Waals surface area contributed by atoms with Gasteiger partial charge in [0, 0.05) is 5.02 Å². The Morgan fingerprint density at radius 3 is 2.63 bits per heavy atom. The van der Waals surface area contributed by atoms with E-state index in [0.717, 1.165) is 5.56 Å². The molecular weight excluding hydrogens is 310 g/mol. The van der Waals surface area contributed by atoms with Crippen LogP contribution in [-0.4, -0.2) is 33.6 Å². The molecule has 0 saturated carbocycles. The average Bonchev–Trinajstić information content (AvgIpc) is 2.65. The van der Waals surface area contributed by atoms with E-state index in [0.29, 0.717) is 10.7 Å².